The molecule has 1 saturated carbocycles. The fourth-order valence-electron chi connectivity index (χ4n) is 2.40. The third-order valence-corrected chi connectivity index (χ3v) is 5.12. The molecule has 1 aromatic heterocycles. The molecule has 0 amide bonds. The molecule has 0 radical (unpaired) electrons. The van der Waals surface area contributed by atoms with Crippen molar-refractivity contribution in [3.63, 3.8) is 0 Å². The molecule has 0 spiro atoms. The van der Waals surface area contributed by atoms with Crippen LogP contribution < -0.4 is 0 Å². The third kappa shape index (κ3) is 2.34. The molecular weight excluding hydrogens is 264 g/mol. The number of rotatable bonds is 5. The van der Waals surface area contributed by atoms with Crippen LogP contribution >= 0.6 is 15.9 Å². The Morgan fingerprint density at radius 1 is 1.56 bits per heavy atom. The normalized spacial score (nSPS) is 19.8. The number of nitrogens with zero attached hydrogens (tertiary/aromatic N) is 2. The smallest absolute Gasteiger partial charge is 0.0624 e. The number of hydrogen-bond donors (Lipinski definition) is 0. The number of hydrogen-bond acceptors (Lipinski definition) is 1. The summed E-state index contributed by atoms with van der Waals surface area (Å²) in [5.41, 5.74) is 3.01. The van der Waals surface area contributed by atoms with E-state index >= 15 is 0 Å². The van der Waals surface area contributed by atoms with Gasteiger partial charge in [-0.25, -0.2) is 0 Å². The van der Waals surface area contributed by atoms with Crippen LogP contribution in [0.1, 0.15) is 38.1 Å². The minimum Gasteiger partial charge on any atom is -0.272 e. The summed E-state index contributed by atoms with van der Waals surface area (Å²) >= 11 is 3.69. The van der Waals surface area contributed by atoms with Gasteiger partial charge in [-0.1, -0.05) is 29.8 Å². The Kier molecular flexibility index (Phi) is 3.43. The first-order valence-electron chi connectivity index (χ1n) is 6.17. The Bertz CT molecular complexity index is 368. The maximum Gasteiger partial charge on any atom is 0.0624 e. The highest BCUT2D eigenvalue weighted by atomic mass is 79.9. The van der Waals surface area contributed by atoms with Gasteiger partial charge in [-0.2, -0.15) is 5.10 Å². The van der Waals surface area contributed by atoms with E-state index in [1.807, 2.05) is 0 Å². The van der Waals surface area contributed by atoms with Crippen LogP contribution in [0.3, 0.4) is 0 Å². The lowest BCUT2D eigenvalue weighted by molar-refractivity contribution is 0.311. The lowest BCUT2D eigenvalue weighted by Gasteiger charge is -2.27. The summed E-state index contributed by atoms with van der Waals surface area (Å²) in [6.07, 6.45) is 4.98. The zero-order valence-corrected chi connectivity index (χ0v) is 12.0. The first-order valence-corrected chi connectivity index (χ1v) is 7.29. The average Bonchev–Trinajstić information content (AvgIpc) is 3.06. The van der Waals surface area contributed by atoms with Crippen molar-refractivity contribution in [2.75, 3.05) is 5.33 Å². The average molecular weight is 285 g/mol. The highest BCUT2D eigenvalue weighted by Gasteiger charge is 2.41. The third-order valence-electron chi connectivity index (χ3n) is 3.84. The highest BCUT2D eigenvalue weighted by molar-refractivity contribution is 9.09. The van der Waals surface area contributed by atoms with Crippen LogP contribution in [0, 0.1) is 11.3 Å². The van der Waals surface area contributed by atoms with Gasteiger partial charge in [0.2, 0.25) is 0 Å². The van der Waals surface area contributed by atoms with Crippen LogP contribution in [0.2, 0.25) is 0 Å². The van der Waals surface area contributed by atoms with Crippen LogP contribution in [-0.2, 0) is 19.9 Å². The molecule has 1 atom stereocenters. The number of aromatic nitrogens is 2. The van der Waals surface area contributed by atoms with Crippen molar-refractivity contribution in [3.05, 3.63) is 17.5 Å². The summed E-state index contributed by atoms with van der Waals surface area (Å²) in [7, 11) is 2.07. The Morgan fingerprint density at radius 2 is 2.25 bits per heavy atom. The van der Waals surface area contributed by atoms with Crippen LogP contribution in [-0.4, -0.2) is 15.1 Å². The van der Waals surface area contributed by atoms with Crippen molar-refractivity contribution in [3.8, 4) is 0 Å². The molecular formula is C13H21BrN2. The first kappa shape index (κ1) is 12.2. The van der Waals surface area contributed by atoms with Gasteiger partial charge in [0.25, 0.3) is 0 Å². The lowest BCUT2D eigenvalue weighted by Crippen LogP contribution is -2.25. The Balaban J connectivity index is 2.15. The fourth-order valence-corrected chi connectivity index (χ4v) is 3.06. The molecule has 1 fully saturated rings. The SMILES string of the molecule is CCc1cc(CC(C)(CBr)C2CC2)n(C)n1. The van der Waals surface area contributed by atoms with Crippen molar-refractivity contribution >= 4 is 15.9 Å². The van der Waals surface area contributed by atoms with E-state index in [-0.39, 0.29) is 0 Å². The van der Waals surface area contributed by atoms with Crippen molar-refractivity contribution < 1.29 is 0 Å². The quantitative estimate of drug-likeness (QED) is 0.759. The second-order valence-electron chi connectivity index (χ2n) is 5.34. The first-order chi connectivity index (χ1) is 7.59. The summed E-state index contributed by atoms with van der Waals surface area (Å²) in [5, 5.41) is 5.62. The van der Waals surface area contributed by atoms with E-state index in [0.29, 0.717) is 5.41 Å². The highest BCUT2D eigenvalue weighted by Crippen LogP contribution is 2.48. The van der Waals surface area contributed by atoms with Gasteiger partial charge in [0.1, 0.15) is 0 Å². The van der Waals surface area contributed by atoms with Crippen LogP contribution in [0.15, 0.2) is 6.07 Å². The predicted octanol–water partition coefficient (Wildman–Crippen LogP) is 3.34. The molecule has 1 aliphatic rings. The van der Waals surface area contributed by atoms with E-state index in [4.69, 9.17) is 0 Å². The van der Waals surface area contributed by atoms with Gasteiger partial charge >= 0.3 is 0 Å². The maximum absolute atomic E-state index is 4.53. The Morgan fingerprint density at radius 3 is 2.69 bits per heavy atom. The van der Waals surface area contributed by atoms with Gasteiger partial charge in [-0.05, 0) is 43.1 Å². The molecule has 0 saturated heterocycles. The molecule has 90 valence electrons. The van der Waals surface area contributed by atoms with E-state index in [2.05, 4.69) is 52.7 Å². The largest absolute Gasteiger partial charge is 0.272 e. The molecule has 0 N–H and O–H groups in total. The summed E-state index contributed by atoms with van der Waals surface area (Å²) in [5.74, 6) is 0.909. The van der Waals surface area contributed by atoms with Gasteiger partial charge in [0.15, 0.2) is 0 Å². The fraction of sp³-hybridized carbons (Fsp3) is 0.769. The Labute approximate surface area is 107 Å². The molecule has 1 aromatic rings. The van der Waals surface area contributed by atoms with Crippen molar-refractivity contribution in [2.45, 2.75) is 39.5 Å². The molecule has 1 aliphatic carbocycles. The van der Waals surface area contributed by atoms with Gasteiger partial charge in [0, 0.05) is 18.1 Å². The molecule has 16 heavy (non-hydrogen) atoms. The van der Waals surface area contributed by atoms with Crippen LogP contribution in [0.25, 0.3) is 0 Å². The van der Waals surface area contributed by atoms with E-state index in [9.17, 15) is 0 Å². The van der Waals surface area contributed by atoms with Gasteiger partial charge in [0.05, 0.1) is 5.69 Å². The maximum atomic E-state index is 4.53. The van der Waals surface area contributed by atoms with Crippen LogP contribution in [0.5, 0.6) is 0 Å². The molecule has 0 aromatic carbocycles. The number of alkyl halides is 1. The second-order valence-corrected chi connectivity index (χ2v) is 5.90. The number of halogens is 1. The summed E-state index contributed by atoms with van der Waals surface area (Å²) in [6, 6.07) is 2.27. The zero-order chi connectivity index (χ0) is 11.8. The minimum atomic E-state index is 0.415. The lowest BCUT2D eigenvalue weighted by atomic mass is 9.82. The van der Waals surface area contributed by atoms with E-state index in [0.717, 1.165) is 24.1 Å². The summed E-state index contributed by atoms with van der Waals surface area (Å²) in [6.45, 7) is 4.56. The van der Waals surface area contributed by atoms with E-state index in [1.165, 1.54) is 24.2 Å². The van der Waals surface area contributed by atoms with Crippen molar-refractivity contribution in [1.82, 2.24) is 9.78 Å². The molecule has 2 nitrogen and oxygen atoms in total. The molecule has 3 heteroatoms. The molecule has 0 aliphatic heterocycles. The molecule has 0 bridgehead atoms. The Hall–Kier alpha value is -0.310. The second kappa shape index (κ2) is 4.52. The molecule has 1 unspecified atom stereocenters. The molecule has 2 rings (SSSR count). The predicted molar refractivity (Wildman–Crippen MR) is 70.9 cm³/mol. The van der Waals surface area contributed by atoms with E-state index < -0.39 is 0 Å². The summed E-state index contributed by atoms with van der Waals surface area (Å²) in [4.78, 5) is 0. The van der Waals surface area contributed by atoms with Crippen molar-refractivity contribution in [2.24, 2.45) is 18.4 Å². The standard InChI is InChI=1S/C13H21BrN2/c1-4-11-7-12(16(3)15-11)8-13(2,9-14)10-5-6-10/h7,10H,4-6,8-9H2,1-3H3. The zero-order valence-electron chi connectivity index (χ0n) is 10.5. The van der Waals surface area contributed by atoms with Gasteiger partial charge in [-0.15, -0.1) is 0 Å². The van der Waals surface area contributed by atoms with E-state index in [1.54, 1.807) is 0 Å². The minimum absolute atomic E-state index is 0.415. The van der Waals surface area contributed by atoms with Crippen LogP contribution in [0.4, 0.5) is 0 Å². The monoisotopic (exact) mass is 284 g/mol. The summed E-state index contributed by atoms with van der Waals surface area (Å²) < 4.78 is 2.06. The topological polar surface area (TPSA) is 17.8 Å². The van der Waals surface area contributed by atoms with Gasteiger partial charge < -0.3 is 0 Å². The molecule has 1 heterocycles. The number of aryl methyl sites for hydroxylation is 2. The van der Waals surface area contributed by atoms with Crippen molar-refractivity contribution in [1.29, 1.82) is 0 Å². The van der Waals surface area contributed by atoms with Gasteiger partial charge in [-0.3, -0.25) is 4.68 Å².